The molecule has 0 amide bonds. The van der Waals surface area contributed by atoms with Gasteiger partial charge in [0.1, 0.15) is 21.2 Å². The van der Waals surface area contributed by atoms with Crippen LogP contribution >= 0.6 is 0 Å². The average Bonchev–Trinajstić information content (AvgIpc) is 2.83. The maximum absolute atomic E-state index is 15.6. The molecule has 0 spiro atoms. The van der Waals surface area contributed by atoms with Crippen LogP contribution < -0.4 is 15.1 Å². The van der Waals surface area contributed by atoms with Crippen molar-refractivity contribution in [3.63, 3.8) is 0 Å². The zero-order valence-electron chi connectivity index (χ0n) is 23.6. The van der Waals surface area contributed by atoms with Gasteiger partial charge in [-0.05, 0) is 66.5 Å². The van der Waals surface area contributed by atoms with E-state index in [0.29, 0.717) is 10.9 Å². The lowest BCUT2D eigenvalue weighted by Gasteiger charge is -2.33. The Labute approximate surface area is 234 Å². The van der Waals surface area contributed by atoms with Crippen LogP contribution in [0.4, 0.5) is 14.5 Å². The molecule has 1 N–H and O–H groups in total. The Morgan fingerprint density at radius 2 is 1.85 bits per heavy atom. The summed E-state index contributed by atoms with van der Waals surface area (Å²) in [5.41, 5.74) is 0.819. The van der Waals surface area contributed by atoms with Crippen molar-refractivity contribution in [2.75, 3.05) is 11.0 Å². The topological polar surface area (TPSA) is 93.8 Å². The molecule has 0 fully saturated rings. The number of fused-ring (bicyclic) bond motifs is 1. The number of nitrogens with one attached hydrogen (secondary N) is 1. The van der Waals surface area contributed by atoms with Crippen molar-refractivity contribution in [3.05, 3.63) is 93.5 Å². The summed E-state index contributed by atoms with van der Waals surface area (Å²) in [6.07, 6.45) is 2.84. The third kappa shape index (κ3) is 6.25. The van der Waals surface area contributed by atoms with Crippen LogP contribution in [0, 0.1) is 18.6 Å². The van der Waals surface area contributed by atoms with Gasteiger partial charge in [-0.2, -0.15) is 0 Å². The third-order valence-corrected chi connectivity index (χ3v) is 14.7. The molecule has 0 saturated carbocycles. The molecule has 11 heteroatoms. The molecule has 40 heavy (non-hydrogen) atoms. The van der Waals surface area contributed by atoms with E-state index in [0.717, 1.165) is 0 Å². The molecule has 0 aliphatic heterocycles. The van der Waals surface area contributed by atoms with E-state index >= 15 is 4.39 Å². The summed E-state index contributed by atoms with van der Waals surface area (Å²) in [7, 11) is -5.21. The molecule has 2 aromatic carbocycles. The molecule has 0 aliphatic rings. The number of ether oxygens (including phenoxy) is 1. The lowest BCUT2D eigenvalue weighted by Crippen LogP contribution is -2.37. The van der Waals surface area contributed by atoms with Crippen molar-refractivity contribution in [1.82, 2.24) is 4.98 Å². The van der Waals surface area contributed by atoms with E-state index in [9.17, 15) is 13.4 Å². The van der Waals surface area contributed by atoms with Gasteiger partial charge < -0.3 is 9.15 Å². The lowest BCUT2D eigenvalue weighted by molar-refractivity contribution is 0.422. The number of rotatable bonds is 7. The molecular weight excluding hydrogens is 552 g/mol. The molecule has 2 heterocycles. The summed E-state index contributed by atoms with van der Waals surface area (Å²) >= 11 is 0. The average molecular weight is 586 g/mol. The van der Waals surface area contributed by atoms with Gasteiger partial charge in [0, 0.05) is 35.9 Å². The summed E-state index contributed by atoms with van der Waals surface area (Å²) in [6.45, 7) is 12.0. The van der Waals surface area contributed by atoms with Gasteiger partial charge in [0.15, 0.2) is 19.9 Å². The van der Waals surface area contributed by atoms with Crippen LogP contribution in [0.15, 0.2) is 68.0 Å². The second-order valence-corrected chi connectivity index (χ2v) is 18.5. The summed E-state index contributed by atoms with van der Waals surface area (Å²) in [4.78, 5) is 16.8. The predicted octanol–water partition coefficient (Wildman–Crippen LogP) is 7.59. The van der Waals surface area contributed by atoms with Crippen molar-refractivity contribution in [1.29, 1.82) is 0 Å². The zero-order chi connectivity index (χ0) is 29.5. The summed E-state index contributed by atoms with van der Waals surface area (Å²) in [5.74, 6) is -1.18. The van der Waals surface area contributed by atoms with Crippen LogP contribution in [-0.2, 0) is 16.3 Å². The van der Waals surface area contributed by atoms with Crippen molar-refractivity contribution < 1.29 is 22.1 Å². The van der Waals surface area contributed by atoms with Crippen LogP contribution in [0.2, 0.25) is 18.1 Å². The minimum atomic E-state index is -2.94. The molecule has 1 unspecified atom stereocenters. The Balaban J connectivity index is 1.65. The maximum atomic E-state index is 15.6. The number of hydrogen-bond acceptors (Lipinski definition) is 6. The van der Waals surface area contributed by atoms with Crippen molar-refractivity contribution in [3.8, 4) is 11.6 Å². The number of aromatic nitrogens is 1. The molecule has 0 radical (unpaired) electrons. The number of benzene rings is 2. The Morgan fingerprint density at radius 1 is 1.12 bits per heavy atom. The minimum absolute atomic E-state index is 0.0346. The van der Waals surface area contributed by atoms with Gasteiger partial charge in [-0.3, -0.25) is 8.75 Å². The third-order valence-electron chi connectivity index (χ3n) is 7.18. The lowest BCUT2D eigenvalue weighted by atomic mass is 9.99. The van der Waals surface area contributed by atoms with E-state index < -0.39 is 35.4 Å². The highest BCUT2D eigenvalue weighted by Crippen LogP contribution is 2.37. The number of aryl methyl sites for hydroxylation is 1. The van der Waals surface area contributed by atoms with Crippen LogP contribution in [-0.4, -0.2) is 23.7 Å². The van der Waals surface area contributed by atoms with Crippen molar-refractivity contribution in [2.24, 2.45) is 4.03 Å². The first-order valence-corrected chi connectivity index (χ1v) is 17.6. The number of halogens is 2. The molecular formula is C29H33F2N3O4SSi. The van der Waals surface area contributed by atoms with Crippen LogP contribution in [0.1, 0.15) is 37.5 Å². The van der Waals surface area contributed by atoms with E-state index in [1.807, 2.05) is 13.1 Å². The Hall–Kier alpha value is -3.57. The van der Waals surface area contributed by atoms with E-state index in [1.165, 1.54) is 36.7 Å². The van der Waals surface area contributed by atoms with Gasteiger partial charge in [0.2, 0.25) is 0 Å². The van der Waals surface area contributed by atoms with E-state index in [2.05, 4.69) is 34.5 Å². The Bertz CT molecular complexity index is 1770. The second-order valence-electron chi connectivity index (χ2n) is 11.3. The first kappa shape index (κ1) is 29.4. The monoisotopic (exact) mass is 585 g/mol. The molecule has 0 bridgehead atoms. The highest BCUT2D eigenvalue weighted by Gasteiger charge is 2.37. The second kappa shape index (κ2) is 10.8. The number of anilines is 1. The van der Waals surface area contributed by atoms with Gasteiger partial charge in [0.25, 0.3) is 5.88 Å². The predicted molar refractivity (Wildman–Crippen MR) is 158 cm³/mol. The van der Waals surface area contributed by atoms with Gasteiger partial charge in [-0.25, -0.2) is 22.8 Å². The molecule has 7 nitrogen and oxygen atoms in total. The molecule has 212 valence electrons. The van der Waals surface area contributed by atoms with Crippen molar-refractivity contribution >= 4 is 34.8 Å². The molecule has 2 aromatic heterocycles. The largest absolute Gasteiger partial charge is 0.436 e. The van der Waals surface area contributed by atoms with E-state index in [-0.39, 0.29) is 45.5 Å². The summed E-state index contributed by atoms with van der Waals surface area (Å²) in [5, 5.41) is 0.500. The minimum Gasteiger partial charge on any atom is -0.436 e. The Morgan fingerprint density at radius 3 is 2.52 bits per heavy atom. The van der Waals surface area contributed by atoms with Crippen LogP contribution in [0.25, 0.3) is 11.0 Å². The number of nitrogens with zero attached hydrogens (tertiary/aromatic N) is 2. The quantitative estimate of drug-likeness (QED) is 0.178. The highest BCUT2D eigenvalue weighted by atomic mass is 32.2. The normalized spacial score (nSPS) is 13.6. The van der Waals surface area contributed by atoms with Crippen molar-refractivity contribution in [2.45, 2.75) is 52.2 Å². The zero-order valence-corrected chi connectivity index (χ0v) is 25.4. The molecule has 0 aliphatic carbocycles. The van der Waals surface area contributed by atoms with E-state index in [1.54, 1.807) is 31.2 Å². The number of hydrogen-bond donors (Lipinski definition) is 1. The van der Waals surface area contributed by atoms with Gasteiger partial charge in [-0.15, -0.1) is 0 Å². The molecule has 4 rings (SSSR count). The standard InChI is InChI=1S/C29H33F2N3O4SSi/c1-18-21-14-13-20(37-27-23(30)11-9-15-32-27)17-25(21)38-28(35)22(18)16-19-10-8-12-24(26(19)31)33-39(5,36)34-40(6,7)29(2,3)4/h8-15,17H,16H2,1-7H3,(H,33,34,36). The van der Waals surface area contributed by atoms with Gasteiger partial charge in [0.05, 0.1) is 5.69 Å². The van der Waals surface area contributed by atoms with Crippen LogP contribution in [0.3, 0.4) is 0 Å². The fraction of sp³-hybridized carbons (Fsp3) is 0.310. The molecule has 1 atom stereocenters. The summed E-state index contributed by atoms with van der Waals surface area (Å²) in [6, 6.07) is 12.2. The fourth-order valence-corrected chi connectivity index (χ4v) is 9.31. The fourth-order valence-electron chi connectivity index (χ4n) is 3.99. The van der Waals surface area contributed by atoms with Gasteiger partial charge >= 0.3 is 5.63 Å². The smallest absolute Gasteiger partial charge is 0.340 e. The van der Waals surface area contributed by atoms with Gasteiger partial charge in [-0.1, -0.05) is 32.9 Å². The van der Waals surface area contributed by atoms with E-state index in [4.69, 9.17) is 9.15 Å². The first-order valence-electron chi connectivity index (χ1n) is 12.7. The SMILES string of the molecule is Cc1c(Cc2cccc(NS(C)(=O)=N[Si](C)(C)C(C)(C)C)c2F)c(=O)oc2cc(Oc3ncccc3F)ccc12. The first-order chi connectivity index (χ1) is 18.6. The highest BCUT2D eigenvalue weighted by molar-refractivity contribution is 7.95. The number of pyridine rings is 1. The van der Waals surface area contributed by atoms with Crippen LogP contribution in [0.5, 0.6) is 11.6 Å². The molecule has 0 saturated heterocycles. The Kier molecular flexibility index (Phi) is 7.92. The maximum Gasteiger partial charge on any atom is 0.340 e. The summed E-state index contributed by atoms with van der Waals surface area (Å²) < 4.78 is 61.4. The molecule has 4 aromatic rings.